The first-order valence-electron chi connectivity index (χ1n) is 9.26. The van der Waals surface area contributed by atoms with Gasteiger partial charge in [0.05, 0.1) is 17.9 Å². The van der Waals surface area contributed by atoms with Crippen molar-refractivity contribution in [2.75, 3.05) is 38.5 Å². The summed E-state index contributed by atoms with van der Waals surface area (Å²) in [6, 6.07) is 3.43. The van der Waals surface area contributed by atoms with Crippen LogP contribution in [0.25, 0.3) is 0 Å². The first kappa shape index (κ1) is 19.5. The van der Waals surface area contributed by atoms with E-state index in [1.165, 1.54) is 6.20 Å². The highest BCUT2D eigenvalue weighted by Gasteiger charge is 2.26. The second kappa shape index (κ2) is 8.64. The Morgan fingerprint density at radius 2 is 1.79 bits per heavy atom. The average molecular weight is 384 g/mol. The molecule has 3 rings (SSSR count). The van der Waals surface area contributed by atoms with Crippen LogP contribution in [0.2, 0.25) is 0 Å². The standard InChI is InChI=1S/C19H24N6O3/c1-3-28-16-14(6-4-7-21-16)17(26)24-8-5-9-25(11-10-24)18(27)15-12-22-19(20)23-13(15)2/h4,6-7,12H,3,5,8-11H2,1-2H3,(H2,20,22,23). The van der Waals surface area contributed by atoms with Gasteiger partial charge in [0.15, 0.2) is 0 Å². The molecule has 1 aliphatic rings. The normalized spacial score (nSPS) is 14.5. The van der Waals surface area contributed by atoms with Crippen LogP contribution in [0.1, 0.15) is 39.8 Å². The molecule has 0 saturated carbocycles. The number of hydrogen-bond acceptors (Lipinski definition) is 7. The van der Waals surface area contributed by atoms with Crippen LogP contribution < -0.4 is 10.5 Å². The van der Waals surface area contributed by atoms with E-state index in [1.807, 2.05) is 6.92 Å². The van der Waals surface area contributed by atoms with E-state index in [2.05, 4.69) is 15.0 Å². The van der Waals surface area contributed by atoms with Crippen LogP contribution in [0, 0.1) is 6.92 Å². The molecule has 0 aliphatic carbocycles. The maximum Gasteiger partial charge on any atom is 0.259 e. The van der Waals surface area contributed by atoms with Crippen molar-refractivity contribution in [2.24, 2.45) is 0 Å². The lowest BCUT2D eigenvalue weighted by Crippen LogP contribution is -2.37. The van der Waals surface area contributed by atoms with E-state index < -0.39 is 0 Å². The van der Waals surface area contributed by atoms with Crippen molar-refractivity contribution >= 4 is 17.8 Å². The van der Waals surface area contributed by atoms with Gasteiger partial charge in [-0.15, -0.1) is 0 Å². The van der Waals surface area contributed by atoms with Crippen LogP contribution in [0.15, 0.2) is 24.5 Å². The Balaban J connectivity index is 1.71. The van der Waals surface area contributed by atoms with Crippen LogP contribution in [-0.2, 0) is 0 Å². The lowest BCUT2D eigenvalue weighted by Gasteiger charge is -2.23. The van der Waals surface area contributed by atoms with Crippen molar-refractivity contribution < 1.29 is 14.3 Å². The number of aromatic nitrogens is 3. The molecule has 2 aromatic rings. The van der Waals surface area contributed by atoms with Gasteiger partial charge in [-0.1, -0.05) is 0 Å². The van der Waals surface area contributed by atoms with Crippen molar-refractivity contribution in [1.29, 1.82) is 0 Å². The van der Waals surface area contributed by atoms with E-state index in [9.17, 15) is 9.59 Å². The summed E-state index contributed by atoms with van der Waals surface area (Å²) in [5.41, 5.74) is 6.98. The number of aryl methyl sites for hydroxylation is 1. The molecule has 148 valence electrons. The zero-order valence-electron chi connectivity index (χ0n) is 16.1. The molecular weight excluding hydrogens is 360 g/mol. The number of carbonyl (C=O) groups is 2. The third-order valence-electron chi connectivity index (χ3n) is 4.58. The Morgan fingerprint density at radius 3 is 2.43 bits per heavy atom. The summed E-state index contributed by atoms with van der Waals surface area (Å²) >= 11 is 0. The van der Waals surface area contributed by atoms with Gasteiger partial charge in [0.1, 0.15) is 5.56 Å². The van der Waals surface area contributed by atoms with Gasteiger partial charge in [-0.25, -0.2) is 15.0 Å². The number of nitrogens with two attached hydrogens (primary N) is 1. The second-order valence-corrected chi connectivity index (χ2v) is 6.45. The highest BCUT2D eigenvalue weighted by atomic mass is 16.5. The highest BCUT2D eigenvalue weighted by Crippen LogP contribution is 2.19. The van der Waals surface area contributed by atoms with Gasteiger partial charge in [-0.2, -0.15) is 0 Å². The zero-order chi connectivity index (χ0) is 20.1. The number of hydrogen-bond donors (Lipinski definition) is 1. The maximum atomic E-state index is 13.0. The predicted molar refractivity (Wildman–Crippen MR) is 103 cm³/mol. The van der Waals surface area contributed by atoms with Gasteiger partial charge in [-0.05, 0) is 32.4 Å². The van der Waals surface area contributed by atoms with Crippen LogP contribution in [-0.4, -0.2) is 69.4 Å². The average Bonchev–Trinajstić information content (AvgIpc) is 2.94. The minimum atomic E-state index is -0.150. The van der Waals surface area contributed by atoms with Crippen molar-refractivity contribution in [2.45, 2.75) is 20.3 Å². The summed E-state index contributed by atoms with van der Waals surface area (Å²) in [5.74, 6) is 0.186. The largest absolute Gasteiger partial charge is 0.477 e. The molecule has 1 fully saturated rings. The van der Waals surface area contributed by atoms with E-state index in [0.717, 1.165) is 0 Å². The van der Waals surface area contributed by atoms with Crippen LogP contribution in [0.5, 0.6) is 5.88 Å². The van der Waals surface area contributed by atoms with Crippen molar-refractivity contribution in [3.8, 4) is 5.88 Å². The van der Waals surface area contributed by atoms with Crippen molar-refractivity contribution in [3.63, 3.8) is 0 Å². The van der Waals surface area contributed by atoms with Gasteiger partial charge in [0, 0.05) is 38.6 Å². The molecule has 0 aromatic carbocycles. The van der Waals surface area contributed by atoms with Crippen molar-refractivity contribution in [1.82, 2.24) is 24.8 Å². The Bertz CT molecular complexity index is 872. The van der Waals surface area contributed by atoms with E-state index in [-0.39, 0.29) is 17.8 Å². The number of anilines is 1. The van der Waals surface area contributed by atoms with Gasteiger partial charge < -0.3 is 20.3 Å². The van der Waals surface area contributed by atoms with Gasteiger partial charge in [0.25, 0.3) is 11.8 Å². The Kier molecular flexibility index (Phi) is 6.03. The summed E-state index contributed by atoms with van der Waals surface area (Å²) in [7, 11) is 0. The Morgan fingerprint density at radius 1 is 1.11 bits per heavy atom. The molecule has 3 heterocycles. The topological polar surface area (TPSA) is 115 Å². The molecule has 0 bridgehead atoms. The van der Waals surface area contributed by atoms with Gasteiger partial charge in [-0.3, -0.25) is 9.59 Å². The molecule has 0 unspecified atom stereocenters. The summed E-state index contributed by atoms with van der Waals surface area (Å²) in [5, 5.41) is 0. The van der Waals surface area contributed by atoms with E-state index in [0.29, 0.717) is 61.9 Å². The molecule has 1 aliphatic heterocycles. The van der Waals surface area contributed by atoms with Crippen LogP contribution in [0.3, 0.4) is 0 Å². The summed E-state index contributed by atoms with van der Waals surface area (Å²) in [6.45, 7) is 5.98. The summed E-state index contributed by atoms with van der Waals surface area (Å²) in [6.07, 6.45) is 3.73. The molecule has 1 saturated heterocycles. The molecule has 9 heteroatoms. The highest BCUT2D eigenvalue weighted by molar-refractivity contribution is 5.97. The smallest absolute Gasteiger partial charge is 0.259 e. The number of rotatable bonds is 4. The van der Waals surface area contributed by atoms with E-state index >= 15 is 0 Å². The molecule has 2 aromatic heterocycles. The number of pyridine rings is 1. The Hall–Kier alpha value is -3.23. The van der Waals surface area contributed by atoms with Crippen LogP contribution >= 0.6 is 0 Å². The minimum Gasteiger partial charge on any atom is -0.477 e. The van der Waals surface area contributed by atoms with E-state index in [1.54, 1.807) is 35.1 Å². The molecular formula is C19H24N6O3. The fourth-order valence-corrected chi connectivity index (χ4v) is 3.16. The zero-order valence-corrected chi connectivity index (χ0v) is 16.1. The number of nitrogens with zero attached hydrogens (tertiary/aromatic N) is 5. The number of nitrogen functional groups attached to an aromatic ring is 1. The molecule has 2 N–H and O–H groups in total. The molecule has 0 radical (unpaired) electrons. The minimum absolute atomic E-state index is 0.141. The third-order valence-corrected chi connectivity index (χ3v) is 4.58. The monoisotopic (exact) mass is 384 g/mol. The Labute approximate surface area is 163 Å². The molecule has 9 nitrogen and oxygen atoms in total. The fourth-order valence-electron chi connectivity index (χ4n) is 3.16. The van der Waals surface area contributed by atoms with Crippen LogP contribution in [0.4, 0.5) is 5.95 Å². The molecule has 0 spiro atoms. The number of carbonyl (C=O) groups excluding carboxylic acids is 2. The third kappa shape index (κ3) is 4.19. The summed E-state index contributed by atoms with van der Waals surface area (Å²) < 4.78 is 5.47. The van der Waals surface area contributed by atoms with Gasteiger partial charge in [0.2, 0.25) is 11.8 Å². The molecule has 2 amide bonds. The predicted octanol–water partition coefficient (Wildman–Crippen LogP) is 1.15. The van der Waals surface area contributed by atoms with E-state index in [4.69, 9.17) is 10.5 Å². The molecule has 28 heavy (non-hydrogen) atoms. The first-order chi connectivity index (χ1) is 13.5. The lowest BCUT2D eigenvalue weighted by molar-refractivity contribution is 0.0715. The number of amides is 2. The first-order valence-corrected chi connectivity index (χ1v) is 9.26. The lowest BCUT2D eigenvalue weighted by atomic mass is 10.2. The second-order valence-electron chi connectivity index (χ2n) is 6.45. The molecule has 0 atom stereocenters. The SMILES string of the molecule is CCOc1ncccc1C(=O)N1CCCN(C(=O)c2cnc(N)nc2C)CC1. The van der Waals surface area contributed by atoms with Crippen molar-refractivity contribution in [3.05, 3.63) is 41.3 Å². The fraction of sp³-hybridized carbons (Fsp3) is 0.421. The quantitative estimate of drug-likeness (QED) is 0.841. The number of ether oxygens (including phenoxy) is 1. The summed E-state index contributed by atoms with van der Waals surface area (Å²) in [4.78, 5) is 41.4. The van der Waals surface area contributed by atoms with Gasteiger partial charge >= 0.3 is 0 Å². The maximum absolute atomic E-state index is 13.0.